The largest absolute Gasteiger partial charge is 0.439 e. The molecule has 0 amide bonds. The number of nitrogens with one attached hydrogen (secondary N) is 1. The molecule has 2 heterocycles. The number of nitrogens with zero attached hydrogens (tertiary/aromatic N) is 4. The van der Waals surface area contributed by atoms with Gasteiger partial charge in [-0.3, -0.25) is 0 Å². The van der Waals surface area contributed by atoms with Crippen LogP contribution < -0.4 is 10.1 Å². The van der Waals surface area contributed by atoms with E-state index in [1.54, 1.807) is 30.6 Å². The average molecular weight is 361 g/mol. The zero-order valence-electron chi connectivity index (χ0n) is 14.3. The number of benzene rings is 2. The lowest BCUT2D eigenvalue weighted by Crippen LogP contribution is -2.07. The number of rotatable bonds is 6. The number of hydrogen-bond acceptors (Lipinski definition) is 5. The van der Waals surface area contributed by atoms with Crippen molar-refractivity contribution >= 4 is 5.95 Å². The van der Waals surface area contributed by atoms with Crippen LogP contribution in [-0.4, -0.2) is 19.7 Å². The van der Waals surface area contributed by atoms with Gasteiger partial charge in [0.05, 0.1) is 5.69 Å². The standard InChI is InChI=1S/C20H16FN5O/c21-16-6-8-17(9-7-16)27-19-10-12-22-20(25-19)23-14-15-4-1-2-5-18(15)26-13-3-11-24-26/h1-13H,14H2,(H,22,23,25). The summed E-state index contributed by atoms with van der Waals surface area (Å²) in [6, 6.07) is 17.2. The Labute approximate surface area is 155 Å². The molecule has 0 aliphatic heterocycles. The first-order valence-electron chi connectivity index (χ1n) is 8.36. The molecule has 0 unspecified atom stereocenters. The van der Waals surface area contributed by atoms with Crippen LogP contribution >= 0.6 is 0 Å². The molecule has 1 N–H and O–H groups in total. The first-order chi connectivity index (χ1) is 13.3. The van der Waals surface area contributed by atoms with E-state index < -0.39 is 0 Å². The molecule has 0 bridgehead atoms. The van der Waals surface area contributed by atoms with Crippen molar-refractivity contribution < 1.29 is 9.13 Å². The highest BCUT2D eigenvalue weighted by Gasteiger charge is 2.06. The third kappa shape index (κ3) is 4.09. The summed E-state index contributed by atoms with van der Waals surface area (Å²) >= 11 is 0. The maximum atomic E-state index is 13.0. The molecule has 0 saturated heterocycles. The molecular formula is C20H16FN5O. The molecule has 0 aliphatic rings. The molecule has 2 aromatic heterocycles. The number of para-hydroxylation sites is 1. The average Bonchev–Trinajstić information content (AvgIpc) is 3.23. The van der Waals surface area contributed by atoms with Gasteiger partial charge in [-0.05, 0) is 42.0 Å². The smallest absolute Gasteiger partial charge is 0.226 e. The molecule has 0 radical (unpaired) electrons. The lowest BCUT2D eigenvalue weighted by Gasteiger charge is -2.11. The topological polar surface area (TPSA) is 64.9 Å². The summed E-state index contributed by atoms with van der Waals surface area (Å²) < 4.78 is 20.4. The summed E-state index contributed by atoms with van der Waals surface area (Å²) in [7, 11) is 0. The Bertz CT molecular complexity index is 1020. The minimum atomic E-state index is -0.316. The molecular weight excluding hydrogens is 345 g/mol. The van der Waals surface area contributed by atoms with Gasteiger partial charge in [0.15, 0.2) is 0 Å². The van der Waals surface area contributed by atoms with Crippen LogP contribution in [0, 0.1) is 5.82 Å². The number of hydrogen-bond donors (Lipinski definition) is 1. The van der Waals surface area contributed by atoms with E-state index in [1.165, 1.54) is 12.1 Å². The van der Waals surface area contributed by atoms with Gasteiger partial charge >= 0.3 is 0 Å². The highest BCUT2D eigenvalue weighted by Crippen LogP contribution is 2.20. The zero-order chi connectivity index (χ0) is 18.5. The Morgan fingerprint density at radius 2 is 1.81 bits per heavy atom. The highest BCUT2D eigenvalue weighted by molar-refractivity contribution is 5.42. The Morgan fingerprint density at radius 1 is 0.963 bits per heavy atom. The molecule has 4 rings (SSSR count). The normalized spacial score (nSPS) is 10.6. The van der Waals surface area contributed by atoms with Crippen LogP contribution in [0.15, 0.2) is 79.3 Å². The minimum absolute atomic E-state index is 0.316. The Kier molecular flexibility index (Phi) is 4.74. The Hall–Kier alpha value is -3.74. The maximum absolute atomic E-state index is 13.0. The maximum Gasteiger partial charge on any atom is 0.226 e. The summed E-state index contributed by atoms with van der Waals surface area (Å²) in [5, 5.41) is 7.48. The van der Waals surface area contributed by atoms with E-state index in [2.05, 4.69) is 20.4 Å². The second-order valence-corrected chi connectivity index (χ2v) is 5.71. The van der Waals surface area contributed by atoms with E-state index >= 15 is 0 Å². The fourth-order valence-electron chi connectivity index (χ4n) is 2.58. The Morgan fingerprint density at radius 3 is 2.63 bits per heavy atom. The summed E-state index contributed by atoms with van der Waals surface area (Å²) in [4.78, 5) is 8.56. The van der Waals surface area contributed by atoms with E-state index in [0.29, 0.717) is 24.1 Å². The monoisotopic (exact) mass is 361 g/mol. The van der Waals surface area contributed by atoms with Gasteiger partial charge in [0.2, 0.25) is 11.8 Å². The Balaban J connectivity index is 1.47. The fourth-order valence-corrected chi connectivity index (χ4v) is 2.58. The zero-order valence-corrected chi connectivity index (χ0v) is 14.3. The molecule has 7 heteroatoms. The van der Waals surface area contributed by atoms with Gasteiger partial charge < -0.3 is 10.1 Å². The van der Waals surface area contributed by atoms with Crippen molar-refractivity contribution in [2.24, 2.45) is 0 Å². The quantitative estimate of drug-likeness (QED) is 0.557. The van der Waals surface area contributed by atoms with Crippen molar-refractivity contribution in [2.75, 3.05) is 5.32 Å². The van der Waals surface area contributed by atoms with Gasteiger partial charge in [-0.2, -0.15) is 10.1 Å². The van der Waals surface area contributed by atoms with Crippen molar-refractivity contribution in [3.8, 4) is 17.3 Å². The van der Waals surface area contributed by atoms with E-state index in [9.17, 15) is 4.39 Å². The van der Waals surface area contributed by atoms with Crippen LogP contribution in [0.1, 0.15) is 5.56 Å². The number of aromatic nitrogens is 4. The van der Waals surface area contributed by atoms with E-state index in [4.69, 9.17) is 4.74 Å². The number of halogens is 1. The van der Waals surface area contributed by atoms with Gasteiger partial charge in [0.25, 0.3) is 0 Å². The summed E-state index contributed by atoms with van der Waals surface area (Å²) in [6.45, 7) is 0.524. The molecule has 4 aromatic rings. The summed E-state index contributed by atoms with van der Waals surface area (Å²) in [5.74, 6) is 0.998. The van der Waals surface area contributed by atoms with Gasteiger partial charge in [0.1, 0.15) is 11.6 Å². The SMILES string of the molecule is Fc1ccc(Oc2ccnc(NCc3ccccc3-n3cccn3)n2)cc1. The van der Waals surface area contributed by atoms with Crippen molar-refractivity contribution in [2.45, 2.75) is 6.54 Å². The fraction of sp³-hybridized carbons (Fsp3) is 0.0500. The van der Waals surface area contributed by atoms with E-state index in [0.717, 1.165) is 11.3 Å². The molecule has 27 heavy (non-hydrogen) atoms. The number of anilines is 1. The molecule has 0 spiro atoms. The summed E-state index contributed by atoms with van der Waals surface area (Å²) in [5.41, 5.74) is 2.03. The second kappa shape index (κ2) is 7.65. The van der Waals surface area contributed by atoms with Crippen LogP contribution in [-0.2, 0) is 6.54 Å². The predicted molar refractivity (Wildman–Crippen MR) is 99.4 cm³/mol. The van der Waals surface area contributed by atoms with E-state index in [-0.39, 0.29) is 5.82 Å². The first kappa shape index (κ1) is 16.7. The van der Waals surface area contributed by atoms with Crippen LogP contribution in [0.5, 0.6) is 11.6 Å². The second-order valence-electron chi connectivity index (χ2n) is 5.71. The van der Waals surface area contributed by atoms with Gasteiger partial charge in [-0.1, -0.05) is 18.2 Å². The third-order valence-corrected chi connectivity index (χ3v) is 3.85. The predicted octanol–water partition coefficient (Wildman–Crippen LogP) is 4.21. The highest BCUT2D eigenvalue weighted by atomic mass is 19.1. The molecule has 0 aliphatic carbocycles. The lowest BCUT2D eigenvalue weighted by atomic mass is 10.2. The van der Waals surface area contributed by atoms with E-state index in [1.807, 2.05) is 41.2 Å². The van der Waals surface area contributed by atoms with Crippen LogP contribution in [0.2, 0.25) is 0 Å². The van der Waals surface area contributed by atoms with Crippen molar-refractivity contribution in [1.29, 1.82) is 0 Å². The van der Waals surface area contributed by atoms with Crippen LogP contribution in [0.25, 0.3) is 5.69 Å². The lowest BCUT2D eigenvalue weighted by molar-refractivity contribution is 0.460. The molecule has 0 atom stereocenters. The first-order valence-corrected chi connectivity index (χ1v) is 8.36. The van der Waals surface area contributed by atoms with Gasteiger partial charge in [-0.25, -0.2) is 14.1 Å². The van der Waals surface area contributed by atoms with Gasteiger partial charge in [-0.15, -0.1) is 0 Å². The van der Waals surface area contributed by atoms with Gasteiger partial charge in [0, 0.05) is 31.2 Å². The molecule has 0 fully saturated rings. The summed E-state index contributed by atoms with van der Waals surface area (Å²) in [6.07, 6.45) is 5.24. The molecule has 0 saturated carbocycles. The third-order valence-electron chi connectivity index (χ3n) is 3.85. The van der Waals surface area contributed by atoms with Crippen LogP contribution in [0.3, 0.4) is 0 Å². The molecule has 6 nitrogen and oxygen atoms in total. The van der Waals surface area contributed by atoms with Crippen molar-refractivity contribution in [3.63, 3.8) is 0 Å². The van der Waals surface area contributed by atoms with Crippen molar-refractivity contribution in [1.82, 2.24) is 19.7 Å². The molecule has 134 valence electrons. The molecule has 2 aromatic carbocycles. The van der Waals surface area contributed by atoms with Crippen LogP contribution in [0.4, 0.5) is 10.3 Å². The number of ether oxygens (including phenoxy) is 1. The van der Waals surface area contributed by atoms with Crippen molar-refractivity contribution in [3.05, 3.63) is 90.6 Å². The minimum Gasteiger partial charge on any atom is -0.439 e.